The second kappa shape index (κ2) is 9.69. The third-order valence-electron chi connectivity index (χ3n) is 5.06. The van der Waals surface area contributed by atoms with Crippen LogP contribution in [0.4, 0.5) is 11.6 Å². The maximum Gasteiger partial charge on any atom is 0.163 e. The van der Waals surface area contributed by atoms with Crippen molar-refractivity contribution < 1.29 is 14.2 Å². The molecule has 1 aliphatic heterocycles. The summed E-state index contributed by atoms with van der Waals surface area (Å²) in [5.74, 6) is 2.74. The van der Waals surface area contributed by atoms with Gasteiger partial charge < -0.3 is 19.5 Å². The summed E-state index contributed by atoms with van der Waals surface area (Å²) in [4.78, 5) is 15.6. The fourth-order valence-corrected chi connectivity index (χ4v) is 3.39. The van der Waals surface area contributed by atoms with Crippen LogP contribution in [0.2, 0.25) is 0 Å². The Kier molecular flexibility index (Phi) is 6.56. The van der Waals surface area contributed by atoms with E-state index in [2.05, 4.69) is 25.2 Å². The molecule has 2 aromatic heterocycles. The van der Waals surface area contributed by atoms with E-state index in [9.17, 15) is 0 Å². The molecule has 30 heavy (non-hydrogen) atoms. The van der Waals surface area contributed by atoms with Crippen LogP contribution in [-0.2, 0) is 4.74 Å². The molecule has 1 aromatic carbocycles. The van der Waals surface area contributed by atoms with Gasteiger partial charge in [-0.2, -0.15) is 0 Å². The van der Waals surface area contributed by atoms with E-state index < -0.39 is 0 Å². The molecule has 0 spiro atoms. The van der Waals surface area contributed by atoms with Crippen LogP contribution in [0, 0.1) is 6.92 Å². The molecular weight excluding hydrogens is 382 g/mol. The molecule has 0 amide bonds. The normalized spacial score (nSPS) is 14.6. The van der Waals surface area contributed by atoms with Crippen LogP contribution in [-0.4, -0.2) is 66.4 Å². The highest BCUT2D eigenvalue weighted by atomic mass is 16.5. The molecule has 1 saturated heterocycles. The van der Waals surface area contributed by atoms with Crippen molar-refractivity contribution in [1.29, 1.82) is 0 Å². The maximum absolute atomic E-state index is 6.02. The zero-order chi connectivity index (χ0) is 20.8. The molecule has 1 N–H and O–H groups in total. The number of nitrogens with zero attached hydrogens (tertiary/aromatic N) is 4. The molecule has 8 heteroatoms. The Balaban J connectivity index is 1.47. The molecule has 3 aromatic rings. The number of aromatic nitrogens is 3. The van der Waals surface area contributed by atoms with Crippen LogP contribution < -0.4 is 14.8 Å². The van der Waals surface area contributed by atoms with E-state index in [0.717, 1.165) is 61.6 Å². The van der Waals surface area contributed by atoms with E-state index in [1.807, 2.05) is 37.4 Å². The summed E-state index contributed by atoms with van der Waals surface area (Å²) in [6.07, 6.45) is 4.29. The van der Waals surface area contributed by atoms with Gasteiger partial charge in [0, 0.05) is 37.3 Å². The number of hydrogen-bond donors (Lipinski definition) is 1. The smallest absolute Gasteiger partial charge is 0.163 e. The van der Waals surface area contributed by atoms with Gasteiger partial charge in [-0.05, 0) is 31.0 Å². The van der Waals surface area contributed by atoms with Crippen LogP contribution in [0.25, 0.3) is 10.9 Å². The fraction of sp³-hybridized carbons (Fsp3) is 0.409. The summed E-state index contributed by atoms with van der Waals surface area (Å²) in [7, 11) is 1.64. The van der Waals surface area contributed by atoms with Crippen LogP contribution in [0.1, 0.15) is 12.0 Å². The van der Waals surface area contributed by atoms with Crippen LogP contribution in [0.3, 0.4) is 0 Å². The first-order valence-electron chi connectivity index (χ1n) is 10.2. The number of morpholine rings is 1. The van der Waals surface area contributed by atoms with Gasteiger partial charge in [-0.15, -0.1) is 0 Å². The lowest BCUT2D eigenvalue weighted by molar-refractivity contribution is 0.0357. The molecule has 1 aliphatic rings. The number of ether oxygens (including phenoxy) is 3. The van der Waals surface area contributed by atoms with Crippen molar-refractivity contribution in [3.05, 3.63) is 42.4 Å². The minimum absolute atomic E-state index is 0.614. The minimum atomic E-state index is 0.614. The molecule has 0 saturated carbocycles. The van der Waals surface area contributed by atoms with E-state index in [1.54, 1.807) is 7.11 Å². The van der Waals surface area contributed by atoms with Crippen molar-refractivity contribution in [3.8, 4) is 11.5 Å². The number of pyridine rings is 1. The number of methoxy groups -OCH3 is 1. The molecule has 0 bridgehead atoms. The molecule has 8 nitrogen and oxygen atoms in total. The number of fused-ring (bicyclic) bond motifs is 1. The Morgan fingerprint density at radius 3 is 2.73 bits per heavy atom. The Bertz CT molecular complexity index is 974. The number of aryl methyl sites for hydroxylation is 1. The molecular formula is C22H27N5O3. The highest BCUT2D eigenvalue weighted by Gasteiger charge is 2.13. The summed E-state index contributed by atoms with van der Waals surface area (Å²) in [6.45, 7) is 7.22. The summed E-state index contributed by atoms with van der Waals surface area (Å²) in [5.41, 5.74) is 1.88. The molecule has 3 heterocycles. The van der Waals surface area contributed by atoms with E-state index in [-0.39, 0.29) is 0 Å². The van der Waals surface area contributed by atoms with E-state index in [0.29, 0.717) is 23.9 Å². The van der Waals surface area contributed by atoms with Gasteiger partial charge in [-0.25, -0.2) is 15.0 Å². The van der Waals surface area contributed by atoms with Crippen LogP contribution in [0.15, 0.2) is 36.8 Å². The highest BCUT2D eigenvalue weighted by molar-refractivity contribution is 5.92. The van der Waals surface area contributed by atoms with E-state index in [4.69, 9.17) is 14.2 Å². The van der Waals surface area contributed by atoms with Crippen molar-refractivity contribution in [1.82, 2.24) is 19.9 Å². The Morgan fingerprint density at radius 1 is 1.10 bits per heavy atom. The zero-order valence-electron chi connectivity index (χ0n) is 17.4. The summed E-state index contributed by atoms with van der Waals surface area (Å²) < 4.78 is 17.0. The van der Waals surface area contributed by atoms with E-state index in [1.165, 1.54) is 6.33 Å². The van der Waals surface area contributed by atoms with Gasteiger partial charge in [0.15, 0.2) is 11.5 Å². The van der Waals surface area contributed by atoms with Crippen molar-refractivity contribution in [2.75, 3.05) is 51.9 Å². The Hall–Kier alpha value is -2.97. The van der Waals surface area contributed by atoms with Crippen molar-refractivity contribution >= 4 is 22.5 Å². The Labute approximate surface area is 176 Å². The van der Waals surface area contributed by atoms with Gasteiger partial charge in [-0.1, -0.05) is 6.07 Å². The Morgan fingerprint density at radius 2 is 1.97 bits per heavy atom. The lowest BCUT2D eigenvalue weighted by Gasteiger charge is -2.26. The molecule has 1 fully saturated rings. The standard InChI is InChI=1S/C22H27N5O3/c1-16-4-5-21(23-14-16)26-22-17-12-19(28-2)20(13-18(17)24-15-25-22)30-9-3-6-27-7-10-29-11-8-27/h4-5,12-15H,3,6-11H2,1-2H3,(H,23,24,25,26). The number of anilines is 2. The fourth-order valence-electron chi connectivity index (χ4n) is 3.39. The molecule has 4 rings (SSSR count). The predicted octanol–water partition coefficient (Wildman–Crippen LogP) is 3.19. The lowest BCUT2D eigenvalue weighted by Crippen LogP contribution is -2.37. The van der Waals surface area contributed by atoms with Gasteiger partial charge in [0.25, 0.3) is 0 Å². The first-order valence-corrected chi connectivity index (χ1v) is 10.2. The van der Waals surface area contributed by atoms with Crippen LogP contribution in [0.5, 0.6) is 11.5 Å². The van der Waals surface area contributed by atoms with Crippen molar-refractivity contribution in [2.45, 2.75) is 13.3 Å². The quantitative estimate of drug-likeness (QED) is 0.568. The van der Waals surface area contributed by atoms with Crippen molar-refractivity contribution in [2.24, 2.45) is 0 Å². The third kappa shape index (κ3) is 4.95. The zero-order valence-corrected chi connectivity index (χ0v) is 17.4. The predicted molar refractivity (Wildman–Crippen MR) is 116 cm³/mol. The molecule has 158 valence electrons. The van der Waals surface area contributed by atoms with Gasteiger partial charge in [0.05, 0.1) is 32.4 Å². The first kappa shape index (κ1) is 20.3. The number of benzene rings is 1. The average Bonchev–Trinajstić information content (AvgIpc) is 2.78. The first-order chi connectivity index (χ1) is 14.7. The topological polar surface area (TPSA) is 81.6 Å². The molecule has 0 aliphatic carbocycles. The lowest BCUT2D eigenvalue weighted by atomic mass is 10.2. The number of nitrogens with one attached hydrogen (secondary N) is 1. The minimum Gasteiger partial charge on any atom is -0.493 e. The number of rotatable bonds is 8. The largest absolute Gasteiger partial charge is 0.493 e. The van der Waals surface area contributed by atoms with Crippen molar-refractivity contribution in [3.63, 3.8) is 0 Å². The molecule has 0 unspecified atom stereocenters. The summed E-state index contributed by atoms with van der Waals surface area (Å²) in [5, 5.41) is 4.10. The monoisotopic (exact) mass is 409 g/mol. The van der Waals surface area contributed by atoms with Gasteiger partial charge in [-0.3, -0.25) is 4.90 Å². The van der Waals surface area contributed by atoms with Gasteiger partial charge in [0.1, 0.15) is 18.0 Å². The van der Waals surface area contributed by atoms with Gasteiger partial charge >= 0.3 is 0 Å². The molecule has 0 radical (unpaired) electrons. The van der Waals surface area contributed by atoms with Gasteiger partial charge in [0.2, 0.25) is 0 Å². The average molecular weight is 409 g/mol. The SMILES string of the molecule is COc1cc2c(Nc3ccc(C)cn3)ncnc2cc1OCCCN1CCOCC1. The summed E-state index contributed by atoms with van der Waals surface area (Å²) >= 11 is 0. The highest BCUT2D eigenvalue weighted by Crippen LogP contribution is 2.34. The summed E-state index contributed by atoms with van der Waals surface area (Å²) in [6, 6.07) is 7.73. The number of hydrogen-bond acceptors (Lipinski definition) is 8. The van der Waals surface area contributed by atoms with E-state index >= 15 is 0 Å². The second-order valence-electron chi connectivity index (χ2n) is 7.24. The second-order valence-corrected chi connectivity index (χ2v) is 7.24. The third-order valence-corrected chi connectivity index (χ3v) is 5.06. The maximum atomic E-state index is 6.02. The molecule has 0 atom stereocenters. The van der Waals surface area contributed by atoms with Crippen LogP contribution >= 0.6 is 0 Å².